The number of nitrogens with one attached hydrogen (secondary N) is 1. The summed E-state index contributed by atoms with van der Waals surface area (Å²) in [5.74, 6) is -0.0689. The summed E-state index contributed by atoms with van der Waals surface area (Å²) >= 11 is 11.3. The third kappa shape index (κ3) is 10.7. The molecule has 2 heterocycles. The van der Waals surface area contributed by atoms with Crippen LogP contribution in [0.15, 0.2) is 30.5 Å². The minimum atomic E-state index is -4.36. The quantitative estimate of drug-likeness (QED) is 0.518. The summed E-state index contributed by atoms with van der Waals surface area (Å²) in [5.41, 5.74) is 0.839. The van der Waals surface area contributed by atoms with Crippen LogP contribution in [0.25, 0.3) is 0 Å². The molecule has 36 heavy (non-hydrogen) atoms. The van der Waals surface area contributed by atoms with Gasteiger partial charge in [0.05, 0.1) is 33.9 Å². The third-order valence-electron chi connectivity index (χ3n) is 4.75. The van der Waals surface area contributed by atoms with E-state index in [9.17, 15) is 18.0 Å². The van der Waals surface area contributed by atoms with E-state index in [2.05, 4.69) is 10.3 Å². The van der Waals surface area contributed by atoms with Gasteiger partial charge >= 0.3 is 6.18 Å². The van der Waals surface area contributed by atoms with Gasteiger partial charge in [0.2, 0.25) is 0 Å². The molecule has 1 saturated heterocycles. The number of aryl methyl sites for hydroxylation is 1. The van der Waals surface area contributed by atoms with Crippen LogP contribution in [0, 0.1) is 6.92 Å². The number of halogens is 5. The van der Waals surface area contributed by atoms with E-state index in [1.165, 1.54) is 18.3 Å². The van der Waals surface area contributed by atoms with E-state index in [4.69, 9.17) is 37.8 Å². The number of anilines is 1. The number of rotatable bonds is 4. The first-order valence-electron chi connectivity index (χ1n) is 10.9. The van der Waals surface area contributed by atoms with Crippen molar-refractivity contribution in [2.75, 3.05) is 39.2 Å². The Bertz CT molecular complexity index is 949. The number of hydrogen-bond donors (Lipinski definition) is 2. The lowest BCUT2D eigenvalue weighted by Gasteiger charge is -2.24. The molecule has 1 atom stereocenters. The molecule has 1 aromatic heterocycles. The number of likely N-dealkylation sites (tertiary alicyclic amines) is 1. The number of alkyl halides is 3. The summed E-state index contributed by atoms with van der Waals surface area (Å²) in [7, 11) is 3.40. The van der Waals surface area contributed by atoms with Gasteiger partial charge < -0.3 is 24.9 Å². The molecule has 2 aromatic rings. The Morgan fingerprint density at radius 2 is 1.92 bits per heavy atom. The van der Waals surface area contributed by atoms with Gasteiger partial charge in [-0.25, -0.2) is 4.98 Å². The van der Waals surface area contributed by atoms with Gasteiger partial charge in [-0.05, 0) is 44.9 Å². The molecule has 1 aromatic carbocycles. The molecule has 12 heteroatoms. The summed E-state index contributed by atoms with van der Waals surface area (Å²) in [5, 5.41) is 10.8. The number of aliphatic hydroxyl groups is 1. The van der Waals surface area contributed by atoms with Gasteiger partial charge in [0.15, 0.2) is 5.69 Å². The molecule has 7 nitrogen and oxygen atoms in total. The van der Waals surface area contributed by atoms with Crippen LogP contribution in [0.4, 0.5) is 18.9 Å². The molecule has 3 rings (SSSR count). The SMILES string of the molecule is C=O.CCO.CNc1cc(Cl)cnc1C(=O)N1CCCC1COC.Cc1ccc(Cl)c(C(F)(F)F)c1. The van der Waals surface area contributed by atoms with Crippen molar-refractivity contribution in [3.63, 3.8) is 0 Å². The number of carbonyl (C=O) groups excluding carboxylic acids is 2. The number of carbonyl (C=O) groups is 2. The zero-order valence-corrected chi connectivity index (χ0v) is 22.2. The summed E-state index contributed by atoms with van der Waals surface area (Å²) in [6.07, 6.45) is -0.884. The van der Waals surface area contributed by atoms with Crippen LogP contribution in [0.1, 0.15) is 41.4 Å². The maximum absolute atomic E-state index is 12.5. The molecule has 0 aliphatic carbocycles. The fourth-order valence-electron chi connectivity index (χ4n) is 3.26. The van der Waals surface area contributed by atoms with Gasteiger partial charge in [-0.2, -0.15) is 13.2 Å². The van der Waals surface area contributed by atoms with Gasteiger partial charge in [0.25, 0.3) is 5.91 Å². The minimum absolute atomic E-state index is 0.0689. The smallest absolute Gasteiger partial charge is 0.397 e. The molecule has 0 spiro atoms. The summed E-state index contributed by atoms with van der Waals surface area (Å²) < 4.78 is 41.6. The van der Waals surface area contributed by atoms with Crippen molar-refractivity contribution in [1.82, 2.24) is 9.88 Å². The standard InChI is InChI=1S/C13H18ClN3O2.C8H6ClF3.C2H6O.CH2O/c1-15-11-6-9(14)7-16-12(11)13(18)17-5-3-4-10(17)8-19-2;1-5-2-3-7(9)6(4-5)8(10,11)12;1-2-3;1-2/h6-7,10,15H,3-5,8H2,1-2H3;2-4H,1H3;3H,2H2,1H3;1H2. The van der Waals surface area contributed by atoms with Crippen LogP contribution < -0.4 is 5.32 Å². The van der Waals surface area contributed by atoms with Crippen molar-refractivity contribution in [2.24, 2.45) is 0 Å². The zero-order valence-electron chi connectivity index (χ0n) is 20.7. The third-order valence-corrected chi connectivity index (χ3v) is 5.29. The minimum Gasteiger partial charge on any atom is -0.397 e. The number of benzene rings is 1. The number of methoxy groups -OCH3 is 1. The Balaban J connectivity index is 0.000000618. The van der Waals surface area contributed by atoms with Gasteiger partial charge in [-0.3, -0.25) is 4.79 Å². The molecule has 0 saturated carbocycles. The second-order valence-electron chi connectivity index (χ2n) is 7.35. The second-order valence-corrected chi connectivity index (χ2v) is 8.19. The molecular formula is C24H32Cl2F3N3O4. The molecular weight excluding hydrogens is 522 g/mol. The van der Waals surface area contributed by atoms with Gasteiger partial charge in [-0.15, -0.1) is 0 Å². The average molecular weight is 554 g/mol. The predicted molar refractivity (Wildman–Crippen MR) is 136 cm³/mol. The van der Waals surface area contributed by atoms with Gasteiger partial charge in [-0.1, -0.05) is 34.8 Å². The van der Waals surface area contributed by atoms with Crippen LogP contribution in [-0.4, -0.2) is 67.6 Å². The summed E-state index contributed by atoms with van der Waals surface area (Å²) in [4.78, 5) is 26.5. The highest BCUT2D eigenvalue weighted by Crippen LogP contribution is 2.34. The molecule has 2 N–H and O–H groups in total. The summed E-state index contributed by atoms with van der Waals surface area (Å²) in [6, 6.07) is 5.67. The monoisotopic (exact) mass is 553 g/mol. The highest BCUT2D eigenvalue weighted by Gasteiger charge is 2.33. The predicted octanol–water partition coefficient (Wildman–Crippen LogP) is 5.51. The molecule has 1 amide bonds. The first-order valence-corrected chi connectivity index (χ1v) is 11.6. The Morgan fingerprint density at radius 3 is 2.42 bits per heavy atom. The van der Waals surface area contributed by atoms with Crippen LogP contribution >= 0.6 is 23.2 Å². The Hall–Kier alpha value is -2.40. The lowest BCUT2D eigenvalue weighted by Crippen LogP contribution is -2.38. The topological polar surface area (TPSA) is 91.8 Å². The van der Waals surface area contributed by atoms with Crippen molar-refractivity contribution in [2.45, 2.75) is 38.9 Å². The van der Waals surface area contributed by atoms with Crippen LogP contribution in [0.3, 0.4) is 0 Å². The van der Waals surface area contributed by atoms with Crippen molar-refractivity contribution < 1.29 is 32.6 Å². The number of amides is 1. The summed E-state index contributed by atoms with van der Waals surface area (Å²) in [6.45, 7) is 6.83. The largest absolute Gasteiger partial charge is 0.417 e. The molecule has 0 radical (unpaired) electrons. The van der Waals surface area contributed by atoms with Crippen molar-refractivity contribution in [3.05, 3.63) is 57.3 Å². The van der Waals surface area contributed by atoms with E-state index in [0.29, 0.717) is 28.6 Å². The molecule has 1 aliphatic heterocycles. The van der Waals surface area contributed by atoms with E-state index in [1.807, 2.05) is 11.7 Å². The molecule has 1 unspecified atom stereocenters. The van der Waals surface area contributed by atoms with E-state index in [0.717, 1.165) is 25.5 Å². The van der Waals surface area contributed by atoms with Gasteiger partial charge in [0.1, 0.15) is 6.79 Å². The van der Waals surface area contributed by atoms with Gasteiger partial charge in [0, 0.05) is 33.5 Å². The first kappa shape index (κ1) is 33.6. The van der Waals surface area contributed by atoms with E-state index in [1.54, 1.807) is 34.1 Å². The molecule has 1 fully saturated rings. The Morgan fingerprint density at radius 1 is 1.31 bits per heavy atom. The number of nitrogens with zero attached hydrogens (tertiary/aromatic N) is 2. The highest BCUT2D eigenvalue weighted by atomic mass is 35.5. The molecule has 202 valence electrons. The molecule has 1 aliphatic rings. The average Bonchev–Trinajstić information content (AvgIpc) is 3.30. The normalized spacial score (nSPS) is 14.4. The fourth-order valence-corrected chi connectivity index (χ4v) is 3.64. The number of hydrogen-bond acceptors (Lipinski definition) is 6. The number of pyridine rings is 1. The maximum Gasteiger partial charge on any atom is 0.417 e. The van der Waals surface area contributed by atoms with E-state index in [-0.39, 0.29) is 23.6 Å². The van der Waals surface area contributed by atoms with Crippen LogP contribution in [-0.2, 0) is 15.7 Å². The zero-order chi connectivity index (χ0) is 27.9. The highest BCUT2D eigenvalue weighted by molar-refractivity contribution is 6.31. The number of aromatic nitrogens is 1. The van der Waals surface area contributed by atoms with Crippen molar-refractivity contribution in [3.8, 4) is 0 Å². The Kier molecular flexibility index (Phi) is 16.0. The lowest BCUT2D eigenvalue weighted by molar-refractivity contribution is -0.137. The maximum atomic E-state index is 12.5. The van der Waals surface area contributed by atoms with Crippen LogP contribution in [0.5, 0.6) is 0 Å². The first-order chi connectivity index (χ1) is 17.0. The van der Waals surface area contributed by atoms with Crippen molar-refractivity contribution in [1.29, 1.82) is 0 Å². The molecule has 0 bridgehead atoms. The number of aliphatic hydroxyl groups excluding tert-OH is 1. The second kappa shape index (κ2) is 17.1. The fraction of sp³-hybridized carbons (Fsp3) is 0.458. The lowest BCUT2D eigenvalue weighted by atomic mass is 10.1. The van der Waals surface area contributed by atoms with E-state index < -0.39 is 11.7 Å². The van der Waals surface area contributed by atoms with Crippen molar-refractivity contribution >= 4 is 41.6 Å². The number of ether oxygens (including phenoxy) is 1. The van der Waals surface area contributed by atoms with E-state index >= 15 is 0 Å². The Labute approximate surface area is 219 Å². The van der Waals surface area contributed by atoms with Crippen LogP contribution in [0.2, 0.25) is 10.0 Å².